The number of aromatic nitrogens is 2. The Morgan fingerprint density at radius 3 is 2.82 bits per heavy atom. The molecule has 1 aromatic rings. The minimum Gasteiger partial charge on any atom is -0.340 e. The highest BCUT2D eigenvalue weighted by Gasteiger charge is 2.18. The van der Waals surface area contributed by atoms with E-state index in [9.17, 15) is 0 Å². The van der Waals surface area contributed by atoms with Crippen molar-refractivity contribution < 1.29 is 4.52 Å². The zero-order valence-corrected chi connectivity index (χ0v) is 10.8. The van der Waals surface area contributed by atoms with Gasteiger partial charge in [-0.3, -0.25) is 0 Å². The maximum Gasteiger partial charge on any atom is 0.223 e. The Balaban J connectivity index is 1.59. The van der Waals surface area contributed by atoms with Crippen molar-refractivity contribution in [3.8, 4) is 0 Å². The van der Waals surface area contributed by atoms with Crippen LogP contribution in [0, 0.1) is 6.92 Å². The topological polar surface area (TPSA) is 54.2 Å². The first-order valence-electron chi connectivity index (χ1n) is 6.46. The summed E-state index contributed by atoms with van der Waals surface area (Å²) in [6, 6.07) is 0.796. The molecule has 0 aromatic carbocycles. The van der Waals surface area contributed by atoms with Gasteiger partial charge in [-0.25, -0.2) is 0 Å². The van der Waals surface area contributed by atoms with Crippen LogP contribution in [0.5, 0.6) is 0 Å². The van der Waals surface area contributed by atoms with Crippen molar-refractivity contribution in [1.82, 2.24) is 20.4 Å². The largest absolute Gasteiger partial charge is 0.340 e. The van der Waals surface area contributed by atoms with Crippen molar-refractivity contribution in [2.75, 3.05) is 20.1 Å². The lowest BCUT2D eigenvalue weighted by Crippen LogP contribution is -2.35. The third-order valence-corrected chi connectivity index (χ3v) is 3.44. The minimum atomic E-state index is 0.630. The summed E-state index contributed by atoms with van der Waals surface area (Å²) in [4.78, 5) is 6.61. The summed E-state index contributed by atoms with van der Waals surface area (Å²) in [5.74, 6) is 1.37. The van der Waals surface area contributed by atoms with Crippen molar-refractivity contribution in [1.29, 1.82) is 0 Å². The molecule has 1 aliphatic rings. The standard InChI is InChI=1S/C12H22N4O/c1-10-14-12(15-17-10)9-13-7-8-16(2)11-5-3-4-6-11/h11,13H,3-9H2,1-2H3. The molecule has 0 amide bonds. The second kappa shape index (κ2) is 6.12. The normalized spacial score (nSPS) is 17.1. The fraction of sp³-hybridized carbons (Fsp3) is 0.833. The van der Waals surface area contributed by atoms with E-state index in [2.05, 4.69) is 27.4 Å². The average molecular weight is 238 g/mol. The highest BCUT2D eigenvalue weighted by Crippen LogP contribution is 2.21. The molecule has 0 saturated heterocycles. The van der Waals surface area contributed by atoms with Crippen LogP contribution < -0.4 is 5.32 Å². The summed E-state index contributed by atoms with van der Waals surface area (Å²) in [7, 11) is 2.22. The van der Waals surface area contributed by atoms with Crippen LogP contribution in [0.25, 0.3) is 0 Å². The first kappa shape index (κ1) is 12.5. The molecule has 0 aliphatic heterocycles. The molecule has 5 nitrogen and oxygen atoms in total. The molecule has 0 bridgehead atoms. The molecule has 1 saturated carbocycles. The van der Waals surface area contributed by atoms with Crippen LogP contribution in [0.4, 0.5) is 0 Å². The van der Waals surface area contributed by atoms with E-state index >= 15 is 0 Å². The lowest BCUT2D eigenvalue weighted by atomic mass is 10.2. The smallest absolute Gasteiger partial charge is 0.223 e. The fourth-order valence-electron chi connectivity index (χ4n) is 2.40. The van der Waals surface area contributed by atoms with Crippen LogP contribution in [0.2, 0.25) is 0 Å². The quantitative estimate of drug-likeness (QED) is 0.758. The predicted octanol–water partition coefficient (Wildman–Crippen LogP) is 1.34. The zero-order valence-electron chi connectivity index (χ0n) is 10.8. The third kappa shape index (κ3) is 3.78. The summed E-state index contributed by atoms with van der Waals surface area (Å²) in [6.07, 6.45) is 5.51. The van der Waals surface area contributed by atoms with Gasteiger partial charge < -0.3 is 14.7 Å². The van der Waals surface area contributed by atoms with E-state index in [-0.39, 0.29) is 0 Å². The Kier molecular flexibility index (Phi) is 4.50. The summed E-state index contributed by atoms with van der Waals surface area (Å²) in [6.45, 7) is 4.56. The fourth-order valence-corrected chi connectivity index (χ4v) is 2.40. The van der Waals surface area contributed by atoms with Gasteiger partial charge in [-0.2, -0.15) is 4.98 Å². The number of hydrogen-bond acceptors (Lipinski definition) is 5. The summed E-state index contributed by atoms with van der Waals surface area (Å²) in [5.41, 5.74) is 0. The van der Waals surface area contributed by atoms with E-state index in [1.807, 2.05) is 6.92 Å². The SMILES string of the molecule is Cc1nc(CNCCN(C)C2CCCC2)no1. The van der Waals surface area contributed by atoms with Gasteiger partial charge in [0, 0.05) is 26.1 Å². The Hall–Kier alpha value is -0.940. The molecule has 96 valence electrons. The number of aryl methyl sites for hydroxylation is 1. The molecule has 1 aliphatic carbocycles. The highest BCUT2D eigenvalue weighted by atomic mass is 16.5. The van der Waals surface area contributed by atoms with E-state index in [1.165, 1.54) is 25.7 Å². The van der Waals surface area contributed by atoms with Crippen LogP contribution >= 0.6 is 0 Å². The summed E-state index contributed by atoms with van der Waals surface area (Å²) >= 11 is 0. The first-order valence-corrected chi connectivity index (χ1v) is 6.46. The van der Waals surface area contributed by atoms with Crippen LogP contribution in [0.3, 0.4) is 0 Å². The number of rotatable bonds is 6. The Morgan fingerprint density at radius 1 is 1.41 bits per heavy atom. The lowest BCUT2D eigenvalue weighted by molar-refractivity contribution is 0.245. The second-order valence-corrected chi connectivity index (χ2v) is 4.83. The Morgan fingerprint density at radius 2 is 2.18 bits per heavy atom. The predicted molar refractivity (Wildman–Crippen MR) is 65.6 cm³/mol. The van der Waals surface area contributed by atoms with Gasteiger partial charge in [0.2, 0.25) is 5.89 Å². The van der Waals surface area contributed by atoms with E-state index in [0.29, 0.717) is 12.4 Å². The van der Waals surface area contributed by atoms with E-state index in [1.54, 1.807) is 0 Å². The van der Waals surface area contributed by atoms with Crippen LogP contribution in [0.15, 0.2) is 4.52 Å². The molecule has 1 heterocycles. The van der Waals surface area contributed by atoms with Crippen molar-refractivity contribution >= 4 is 0 Å². The van der Waals surface area contributed by atoms with E-state index < -0.39 is 0 Å². The van der Waals surface area contributed by atoms with Crippen molar-refractivity contribution in [2.45, 2.75) is 45.2 Å². The van der Waals surface area contributed by atoms with Gasteiger partial charge in [-0.05, 0) is 19.9 Å². The molecular weight excluding hydrogens is 216 g/mol. The van der Waals surface area contributed by atoms with Crippen molar-refractivity contribution in [2.24, 2.45) is 0 Å². The summed E-state index contributed by atoms with van der Waals surface area (Å²) < 4.78 is 4.91. The molecule has 0 radical (unpaired) electrons. The zero-order chi connectivity index (χ0) is 12.1. The molecular formula is C12H22N4O. The van der Waals surface area contributed by atoms with Gasteiger partial charge in [0.1, 0.15) is 0 Å². The molecule has 0 unspecified atom stereocenters. The number of nitrogens with zero attached hydrogens (tertiary/aromatic N) is 3. The van der Waals surface area contributed by atoms with Crippen molar-refractivity contribution in [3.63, 3.8) is 0 Å². The third-order valence-electron chi connectivity index (χ3n) is 3.44. The molecule has 0 atom stereocenters. The Labute approximate surface area is 103 Å². The number of nitrogens with one attached hydrogen (secondary N) is 1. The van der Waals surface area contributed by atoms with Gasteiger partial charge in [-0.15, -0.1) is 0 Å². The maximum atomic E-state index is 4.91. The van der Waals surface area contributed by atoms with Gasteiger partial charge in [0.15, 0.2) is 5.82 Å². The monoisotopic (exact) mass is 238 g/mol. The second-order valence-electron chi connectivity index (χ2n) is 4.83. The van der Waals surface area contributed by atoms with Gasteiger partial charge in [0.25, 0.3) is 0 Å². The number of hydrogen-bond donors (Lipinski definition) is 1. The lowest BCUT2D eigenvalue weighted by Gasteiger charge is -2.23. The van der Waals surface area contributed by atoms with Crippen molar-refractivity contribution in [3.05, 3.63) is 11.7 Å². The van der Waals surface area contributed by atoms with E-state index in [4.69, 9.17) is 4.52 Å². The van der Waals surface area contributed by atoms with Crippen LogP contribution in [-0.2, 0) is 6.54 Å². The van der Waals surface area contributed by atoms with E-state index in [0.717, 1.165) is 25.0 Å². The number of likely N-dealkylation sites (N-methyl/N-ethyl adjacent to an activating group) is 1. The molecule has 1 aromatic heterocycles. The molecule has 5 heteroatoms. The molecule has 1 fully saturated rings. The summed E-state index contributed by atoms with van der Waals surface area (Å²) in [5, 5.41) is 7.19. The molecule has 2 rings (SSSR count). The Bertz CT molecular complexity index is 333. The van der Waals surface area contributed by atoms with Gasteiger partial charge >= 0.3 is 0 Å². The molecule has 1 N–H and O–H groups in total. The first-order chi connectivity index (χ1) is 8.25. The molecule has 17 heavy (non-hydrogen) atoms. The van der Waals surface area contributed by atoms with Gasteiger partial charge in [0.05, 0.1) is 6.54 Å². The van der Waals surface area contributed by atoms with Crippen LogP contribution in [0.1, 0.15) is 37.4 Å². The van der Waals surface area contributed by atoms with Gasteiger partial charge in [-0.1, -0.05) is 18.0 Å². The average Bonchev–Trinajstić information content (AvgIpc) is 2.95. The highest BCUT2D eigenvalue weighted by molar-refractivity contribution is 4.83. The molecule has 0 spiro atoms. The van der Waals surface area contributed by atoms with Crippen LogP contribution in [-0.4, -0.2) is 41.2 Å². The maximum absolute atomic E-state index is 4.91. The minimum absolute atomic E-state index is 0.630.